The zero-order chi connectivity index (χ0) is 19.9. The Bertz CT molecular complexity index is 953. The Morgan fingerprint density at radius 2 is 1.71 bits per heavy atom. The van der Waals surface area contributed by atoms with Crippen LogP contribution in [0.1, 0.15) is 17.3 Å². The van der Waals surface area contributed by atoms with Crippen LogP contribution in [0.25, 0.3) is 0 Å². The summed E-state index contributed by atoms with van der Waals surface area (Å²) < 4.78 is 43.8. The Morgan fingerprint density at radius 3 is 2.32 bits per heavy atom. The molecule has 3 N–H and O–H groups in total. The highest BCUT2D eigenvalue weighted by molar-refractivity contribution is 5.69. The number of halogens is 3. The lowest BCUT2D eigenvalue weighted by Gasteiger charge is -2.41. The number of anilines is 3. The highest BCUT2D eigenvalue weighted by Gasteiger charge is 2.33. The van der Waals surface area contributed by atoms with Crippen LogP contribution in [0.4, 0.5) is 30.4 Å². The lowest BCUT2D eigenvalue weighted by atomic mass is 10.1. The van der Waals surface area contributed by atoms with E-state index < -0.39 is 17.9 Å². The molecule has 2 aromatic carbocycles. The second-order valence-electron chi connectivity index (χ2n) is 6.40. The zero-order valence-electron chi connectivity index (χ0n) is 14.9. The third-order valence-electron chi connectivity index (χ3n) is 4.78. The number of nitrogens with two attached hydrogens (primary N) is 1. The SMILES string of the molecule is COc1ccc(N2CN(c3ccc(C(F)(F)F)cc3)C(N)c3cn[nH]c32)cc1. The van der Waals surface area contributed by atoms with Crippen LogP contribution in [0.15, 0.2) is 54.7 Å². The van der Waals surface area contributed by atoms with Crippen LogP contribution >= 0.6 is 0 Å². The summed E-state index contributed by atoms with van der Waals surface area (Å²) in [6.07, 6.45) is -3.29. The van der Waals surface area contributed by atoms with Crippen LogP contribution < -0.4 is 20.3 Å². The first-order valence-corrected chi connectivity index (χ1v) is 8.53. The van der Waals surface area contributed by atoms with Gasteiger partial charge in [0.05, 0.1) is 31.1 Å². The van der Waals surface area contributed by atoms with Crippen molar-refractivity contribution in [3.63, 3.8) is 0 Å². The molecule has 1 aliphatic heterocycles. The second-order valence-corrected chi connectivity index (χ2v) is 6.40. The van der Waals surface area contributed by atoms with Crippen molar-refractivity contribution in [2.75, 3.05) is 23.6 Å². The van der Waals surface area contributed by atoms with Gasteiger partial charge in [0.25, 0.3) is 0 Å². The van der Waals surface area contributed by atoms with Gasteiger partial charge in [-0.25, -0.2) is 0 Å². The van der Waals surface area contributed by atoms with Gasteiger partial charge in [-0.05, 0) is 48.5 Å². The fourth-order valence-corrected chi connectivity index (χ4v) is 3.26. The van der Waals surface area contributed by atoms with Gasteiger partial charge in [-0.2, -0.15) is 18.3 Å². The number of methoxy groups -OCH3 is 1. The van der Waals surface area contributed by atoms with E-state index in [4.69, 9.17) is 10.5 Å². The first-order chi connectivity index (χ1) is 13.4. The third kappa shape index (κ3) is 3.13. The predicted molar refractivity (Wildman–Crippen MR) is 99.4 cm³/mol. The van der Waals surface area contributed by atoms with Crippen molar-refractivity contribution in [2.24, 2.45) is 5.73 Å². The molecule has 2 heterocycles. The summed E-state index contributed by atoms with van der Waals surface area (Å²) in [7, 11) is 1.59. The van der Waals surface area contributed by atoms with E-state index in [0.29, 0.717) is 12.4 Å². The highest BCUT2D eigenvalue weighted by Crippen LogP contribution is 2.39. The maximum Gasteiger partial charge on any atom is 0.416 e. The molecule has 1 aliphatic rings. The minimum absolute atomic E-state index is 0.341. The van der Waals surface area contributed by atoms with Crippen LogP contribution in [0.3, 0.4) is 0 Å². The molecule has 1 unspecified atom stereocenters. The summed E-state index contributed by atoms with van der Waals surface area (Å²) in [6, 6.07) is 12.4. The van der Waals surface area contributed by atoms with Crippen LogP contribution in [0.5, 0.6) is 5.75 Å². The molecule has 3 aromatic rings. The van der Waals surface area contributed by atoms with E-state index in [2.05, 4.69) is 10.2 Å². The minimum atomic E-state index is -4.38. The van der Waals surface area contributed by atoms with E-state index in [9.17, 15) is 13.2 Å². The molecule has 0 aliphatic carbocycles. The Hall–Kier alpha value is -3.20. The largest absolute Gasteiger partial charge is 0.497 e. The first kappa shape index (κ1) is 18.2. The maximum atomic E-state index is 12.9. The standard InChI is InChI=1S/C19H18F3N5O/c1-28-15-8-6-14(7-9-15)27-11-26(17(23)16-10-24-25-18(16)27)13-4-2-12(3-5-13)19(20,21)22/h2-10,17H,11,23H2,1H3,(H,24,25). The van der Waals surface area contributed by atoms with Crippen molar-refractivity contribution in [3.8, 4) is 5.75 Å². The van der Waals surface area contributed by atoms with Gasteiger partial charge in [-0.15, -0.1) is 0 Å². The van der Waals surface area contributed by atoms with E-state index >= 15 is 0 Å². The number of alkyl halides is 3. The normalized spacial score (nSPS) is 16.8. The topological polar surface area (TPSA) is 70.4 Å². The molecule has 0 amide bonds. The molecule has 0 spiro atoms. The van der Waals surface area contributed by atoms with Crippen LogP contribution in [-0.2, 0) is 6.18 Å². The van der Waals surface area contributed by atoms with Crippen LogP contribution in [-0.4, -0.2) is 24.0 Å². The number of nitrogens with one attached hydrogen (secondary N) is 1. The number of hydrogen-bond acceptors (Lipinski definition) is 5. The summed E-state index contributed by atoms with van der Waals surface area (Å²) in [6.45, 7) is 0.341. The second kappa shape index (κ2) is 6.75. The van der Waals surface area contributed by atoms with Crippen molar-refractivity contribution in [2.45, 2.75) is 12.3 Å². The Morgan fingerprint density at radius 1 is 1.07 bits per heavy atom. The van der Waals surface area contributed by atoms with E-state index in [1.165, 1.54) is 12.1 Å². The summed E-state index contributed by atoms with van der Waals surface area (Å²) in [5.41, 5.74) is 7.89. The van der Waals surface area contributed by atoms with Gasteiger partial charge >= 0.3 is 6.18 Å². The van der Waals surface area contributed by atoms with Gasteiger partial charge in [-0.1, -0.05) is 0 Å². The fraction of sp³-hybridized carbons (Fsp3) is 0.211. The van der Waals surface area contributed by atoms with Crippen molar-refractivity contribution in [3.05, 3.63) is 65.9 Å². The van der Waals surface area contributed by atoms with Crippen LogP contribution in [0.2, 0.25) is 0 Å². The number of aromatic amines is 1. The molecule has 28 heavy (non-hydrogen) atoms. The summed E-state index contributed by atoms with van der Waals surface area (Å²) in [4.78, 5) is 3.78. The monoisotopic (exact) mass is 389 g/mol. The molecule has 0 bridgehead atoms. The van der Waals surface area contributed by atoms with Gasteiger partial charge in [0.1, 0.15) is 17.7 Å². The molecule has 146 valence electrons. The minimum Gasteiger partial charge on any atom is -0.497 e. The number of rotatable bonds is 3. The van der Waals surface area contributed by atoms with Gasteiger partial charge in [-0.3, -0.25) is 5.10 Å². The van der Waals surface area contributed by atoms with Crippen LogP contribution in [0, 0.1) is 0 Å². The highest BCUT2D eigenvalue weighted by atomic mass is 19.4. The lowest BCUT2D eigenvalue weighted by Crippen LogP contribution is -2.46. The molecule has 0 saturated heterocycles. The average molecular weight is 389 g/mol. The number of benzene rings is 2. The average Bonchev–Trinajstić information content (AvgIpc) is 3.18. The fourth-order valence-electron chi connectivity index (χ4n) is 3.26. The van der Waals surface area contributed by atoms with Gasteiger partial charge < -0.3 is 20.3 Å². The zero-order valence-corrected chi connectivity index (χ0v) is 14.9. The third-order valence-corrected chi connectivity index (χ3v) is 4.78. The predicted octanol–water partition coefficient (Wildman–Crippen LogP) is 4.01. The molecule has 1 aromatic heterocycles. The number of fused-ring (bicyclic) bond motifs is 1. The molecule has 9 heteroatoms. The number of ether oxygens (including phenoxy) is 1. The van der Waals surface area contributed by atoms with E-state index in [-0.39, 0.29) is 0 Å². The molecule has 6 nitrogen and oxygen atoms in total. The quantitative estimate of drug-likeness (QED) is 0.708. The first-order valence-electron chi connectivity index (χ1n) is 8.53. The number of H-pyrrole nitrogens is 1. The molecule has 4 rings (SSSR count). The molecular weight excluding hydrogens is 371 g/mol. The number of hydrogen-bond donors (Lipinski definition) is 2. The molecular formula is C19H18F3N5O. The van der Waals surface area contributed by atoms with Gasteiger partial charge in [0.15, 0.2) is 0 Å². The Labute approximate surface area is 159 Å². The number of nitrogens with zero attached hydrogens (tertiary/aromatic N) is 3. The maximum absolute atomic E-state index is 12.9. The summed E-state index contributed by atoms with van der Waals surface area (Å²) in [5, 5.41) is 7.05. The Balaban J connectivity index is 1.70. The van der Waals surface area contributed by atoms with E-state index in [0.717, 1.165) is 35.0 Å². The van der Waals surface area contributed by atoms with Crippen molar-refractivity contribution in [1.29, 1.82) is 0 Å². The molecule has 0 saturated carbocycles. The summed E-state index contributed by atoms with van der Waals surface area (Å²) in [5.74, 6) is 1.47. The van der Waals surface area contributed by atoms with E-state index in [1.54, 1.807) is 13.3 Å². The Kier molecular flexibility index (Phi) is 4.38. The van der Waals surface area contributed by atoms with Gasteiger partial charge in [0.2, 0.25) is 0 Å². The van der Waals surface area contributed by atoms with Crippen molar-refractivity contribution >= 4 is 17.2 Å². The van der Waals surface area contributed by atoms with Crippen molar-refractivity contribution < 1.29 is 17.9 Å². The molecule has 0 fully saturated rings. The lowest BCUT2D eigenvalue weighted by molar-refractivity contribution is -0.137. The molecule has 1 atom stereocenters. The number of aromatic nitrogens is 2. The summed E-state index contributed by atoms with van der Waals surface area (Å²) >= 11 is 0. The van der Waals surface area contributed by atoms with E-state index in [1.807, 2.05) is 34.1 Å². The van der Waals surface area contributed by atoms with Gasteiger partial charge in [0, 0.05) is 11.4 Å². The van der Waals surface area contributed by atoms with Crippen molar-refractivity contribution in [1.82, 2.24) is 10.2 Å². The molecule has 0 radical (unpaired) electrons. The smallest absolute Gasteiger partial charge is 0.416 e.